The van der Waals surface area contributed by atoms with E-state index in [9.17, 15) is 70.2 Å². The first kappa shape index (κ1) is 64.0. The Balaban J connectivity index is -0.0000000905. The lowest BCUT2D eigenvalue weighted by Gasteiger charge is -2.09. The number of rotatable bonds is 18. The molecule has 0 rings (SSSR count). The van der Waals surface area contributed by atoms with Crippen molar-refractivity contribution in [3.8, 4) is 0 Å². The van der Waals surface area contributed by atoms with E-state index >= 15 is 0 Å². The second kappa shape index (κ2) is 48.0. The summed E-state index contributed by atoms with van der Waals surface area (Å²) in [5.41, 5.74) is 0. The largest absolute Gasteiger partial charge is 0.388 e. The van der Waals surface area contributed by atoms with Crippen LogP contribution in [0.4, 0.5) is 70.2 Å². The molecule has 0 aliphatic rings. The first-order chi connectivity index (χ1) is 23.6. The van der Waals surface area contributed by atoms with Crippen molar-refractivity contribution in [2.45, 2.75) is 44.7 Å². The smallest absolute Gasteiger partial charge is 0.380 e. The Labute approximate surface area is 283 Å². The number of methoxy groups -OCH3 is 2. The third-order valence-corrected chi connectivity index (χ3v) is 2.97. The minimum Gasteiger partial charge on any atom is -0.388 e. The van der Waals surface area contributed by atoms with Gasteiger partial charge < -0.3 is 39.4 Å². The van der Waals surface area contributed by atoms with Crippen LogP contribution in [0.5, 0.6) is 0 Å². The van der Waals surface area contributed by atoms with Crippen LogP contribution in [0.2, 0.25) is 0 Å². The van der Waals surface area contributed by atoms with Crippen molar-refractivity contribution in [1.29, 1.82) is 0 Å². The summed E-state index contributed by atoms with van der Waals surface area (Å²) in [6, 6.07) is 0. The van der Waals surface area contributed by atoms with Gasteiger partial charge in [0.25, 0.3) is 0 Å². The second-order valence-corrected chi connectivity index (χ2v) is 7.59. The normalized spacial score (nSPS) is 11.3. The Morgan fingerprint density at radius 2 is 0.765 bits per heavy atom. The van der Waals surface area contributed by atoms with E-state index < -0.39 is 89.0 Å². The predicted molar refractivity (Wildman–Crippen MR) is 146 cm³/mol. The maximum absolute atomic E-state index is 11.4. The molecule has 0 aromatic heterocycles. The summed E-state index contributed by atoms with van der Waals surface area (Å²) in [4.78, 5) is 0. The first-order valence-electron chi connectivity index (χ1n) is 13.3. The summed E-state index contributed by atoms with van der Waals surface area (Å²) >= 11 is 0. The lowest BCUT2D eigenvalue weighted by atomic mass is 10.4. The van der Waals surface area contributed by atoms with Crippen molar-refractivity contribution in [2.24, 2.45) is 0 Å². The van der Waals surface area contributed by atoms with E-state index in [1.165, 1.54) is 20.6 Å². The summed E-state index contributed by atoms with van der Waals surface area (Å²) < 4.78 is 197. The maximum Gasteiger partial charge on any atom is 0.380 e. The van der Waals surface area contributed by atoms with Gasteiger partial charge in [0.2, 0.25) is 0 Å². The highest BCUT2D eigenvalue weighted by Crippen LogP contribution is 2.13. The molecule has 2 atom stereocenters. The van der Waals surface area contributed by atoms with Gasteiger partial charge in [0.1, 0.15) is 38.8 Å². The molecular weight excluding hydrogens is 764 g/mol. The number of aliphatic hydroxyl groups excluding tert-OH is 4. The van der Waals surface area contributed by atoms with Crippen LogP contribution >= 0.6 is 0 Å². The van der Waals surface area contributed by atoms with Gasteiger partial charge in [-0.2, -0.15) is 52.7 Å². The monoisotopic (exact) mass is 808 g/mol. The Hall–Kier alpha value is -2.04. The van der Waals surface area contributed by atoms with Crippen LogP contribution in [0.15, 0.2) is 24.3 Å². The highest BCUT2D eigenvalue weighted by Gasteiger charge is 2.28. The van der Waals surface area contributed by atoms with Gasteiger partial charge in [-0.1, -0.05) is 20.3 Å². The Kier molecular flexibility index (Phi) is 60.2. The van der Waals surface area contributed by atoms with Gasteiger partial charge in [0.05, 0.1) is 39.6 Å². The van der Waals surface area contributed by atoms with Gasteiger partial charge in [-0.3, -0.25) is 9.47 Å². The highest BCUT2D eigenvalue weighted by molar-refractivity contribution is 4.77. The fourth-order valence-corrected chi connectivity index (χ4v) is 1.28. The molecule has 0 aliphatic carbocycles. The Bertz CT molecular complexity index is 652. The molecule has 0 aromatic carbocycles. The fraction of sp³-hybridized carbons (Fsp3) is 0.840. The summed E-state index contributed by atoms with van der Waals surface area (Å²) in [5, 5.41) is 33.2. The summed E-state index contributed by atoms with van der Waals surface area (Å²) in [6.07, 6.45) is -19.1. The minimum atomic E-state index is -3.73. The van der Waals surface area contributed by atoms with Gasteiger partial charge in [0, 0.05) is 14.2 Å². The molecule has 26 heteroatoms. The third kappa shape index (κ3) is 78.3. The lowest BCUT2D eigenvalue weighted by molar-refractivity contribution is -0.272. The van der Waals surface area contributed by atoms with Crippen molar-refractivity contribution < 1.29 is 119 Å². The minimum absolute atomic E-state index is 0.0424. The first-order valence-corrected chi connectivity index (χ1v) is 13.3. The summed E-state index contributed by atoms with van der Waals surface area (Å²) in [7, 11) is 2.97. The Morgan fingerprint density at radius 3 is 0.882 bits per heavy atom. The highest BCUT2D eigenvalue weighted by atomic mass is 19.3. The van der Waals surface area contributed by atoms with Crippen molar-refractivity contribution in [3.63, 3.8) is 0 Å². The average molecular weight is 809 g/mol. The topological polar surface area (TPSA) is 136 Å². The third-order valence-electron chi connectivity index (χ3n) is 2.97. The number of hydrogen-bond acceptors (Lipinski definition) is 10. The van der Waals surface area contributed by atoms with Crippen molar-refractivity contribution >= 4 is 0 Å². The molecule has 0 aromatic rings. The lowest BCUT2D eigenvalue weighted by Crippen LogP contribution is -2.24. The van der Waals surface area contributed by atoms with E-state index in [0.717, 1.165) is 0 Å². The van der Waals surface area contributed by atoms with Crippen LogP contribution < -0.4 is 0 Å². The number of aliphatic hydroxyl groups is 4. The van der Waals surface area contributed by atoms with E-state index in [2.05, 4.69) is 32.8 Å². The van der Waals surface area contributed by atoms with Gasteiger partial charge in [-0.05, 0) is 0 Å². The van der Waals surface area contributed by atoms with Gasteiger partial charge >= 0.3 is 36.5 Å². The second-order valence-electron chi connectivity index (χ2n) is 7.59. The van der Waals surface area contributed by atoms with E-state index in [1.54, 1.807) is 0 Å². The predicted octanol–water partition coefficient (Wildman–Crippen LogP) is 6.39. The molecule has 2 unspecified atom stereocenters. The number of ether oxygens (including phenoxy) is 6. The fourth-order valence-electron chi connectivity index (χ4n) is 1.28. The molecule has 0 saturated heterocycles. The molecule has 0 radical (unpaired) electrons. The Morgan fingerprint density at radius 1 is 0.529 bits per heavy atom. The van der Waals surface area contributed by atoms with Gasteiger partial charge in [-0.25, -0.2) is 17.6 Å². The SMILES string of the molecule is CCC.COCC(O)COCCF.COCC(O)COCCF.FC(F)=C(F)F.FC(F)=C(F)F.OCC(F)(F)OCF.OCC(F)(F)OCF. The zero-order chi connectivity index (χ0) is 41.9. The quantitative estimate of drug-likeness (QED) is 0.0912. The molecule has 0 aliphatic heterocycles. The molecule has 0 bridgehead atoms. The van der Waals surface area contributed by atoms with E-state index in [1.807, 2.05) is 0 Å². The summed E-state index contributed by atoms with van der Waals surface area (Å²) in [6.45, 7) is -2.12. The molecule has 0 fully saturated rings. The average Bonchev–Trinajstić information content (AvgIpc) is 3.03. The maximum atomic E-state index is 11.4. The molecule has 0 heterocycles. The van der Waals surface area contributed by atoms with Crippen LogP contribution in [-0.2, 0) is 28.4 Å². The van der Waals surface area contributed by atoms with Gasteiger partial charge in [-0.15, -0.1) is 0 Å². The van der Waals surface area contributed by atoms with Crippen LogP contribution in [0.1, 0.15) is 20.3 Å². The van der Waals surface area contributed by atoms with Crippen LogP contribution in [0, 0.1) is 0 Å². The molecule has 0 saturated carbocycles. The van der Waals surface area contributed by atoms with Crippen molar-refractivity contribution in [2.75, 3.05) is 94.1 Å². The number of alkyl halides is 8. The van der Waals surface area contributed by atoms with Crippen LogP contribution in [0.3, 0.4) is 0 Å². The zero-order valence-electron chi connectivity index (χ0n) is 27.6. The van der Waals surface area contributed by atoms with Crippen molar-refractivity contribution in [3.05, 3.63) is 24.3 Å². The number of halogens is 16. The number of hydrogen-bond donors (Lipinski definition) is 4. The van der Waals surface area contributed by atoms with Crippen molar-refractivity contribution in [1.82, 2.24) is 0 Å². The summed E-state index contributed by atoms with van der Waals surface area (Å²) in [5.74, 6) is 0. The molecule has 51 heavy (non-hydrogen) atoms. The van der Waals surface area contributed by atoms with Crippen LogP contribution in [0.25, 0.3) is 0 Å². The molecule has 4 N–H and O–H groups in total. The van der Waals surface area contributed by atoms with Crippen LogP contribution in [-0.4, -0.2) is 139 Å². The van der Waals surface area contributed by atoms with E-state index in [4.69, 9.17) is 29.9 Å². The van der Waals surface area contributed by atoms with E-state index in [-0.39, 0.29) is 39.6 Å². The standard InChI is InChI=1S/2C6H13FO3.2C3H5F3O2.C3H8.2C2F4/c2*1-9-4-6(8)5-10-3-2-7;2*4-2-8-3(5,6)1-7;1-3-2;2*3-1(4)2(5)6/h2*6,8H,2-5H2,1H3;2*7H,1-2H2;3H2,1-2H3;;. The molecule has 0 amide bonds. The molecule has 0 spiro atoms. The zero-order valence-corrected chi connectivity index (χ0v) is 27.6. The van der Waals surface area contributed by atoms with E-state index in [0.29, 0.717) is 0 Å². The van der Waals surface area contributed by atoms with Gasteiger partial charge in [0.15, 0.2) is 13.7 Å². The molecular formula is C25H44F16O10. The molecule has 316 valence electrons. The molecule has 10 nitrogen and oxygen atoms in total.